The molecule has 0 N–H and O–H groups in total. The minimum Gasteiger partial charge on any atom is -0.462 e. The zero-order valence-electron chi connectivity index (χ0n) is 14.6. The maximum absolute atomic E-state index is 11.9. The number of ether oxygens (including phenoxy) is 1. The Labute approximate surface area is 135 Å². The number of benzene rings is 1. The smallest absolute Gasteiger partial charge is 0.338 e. The zero-order chi connectivity index (χ0) is 16.5. The molecule has 0 spiro atoms. The summed E-state index contributed by atoms with van der Waals surface area (Å²) >= 11 is 0. The fraction of sp³-hybridized carbons (Fsp3) is 0.611. The van der Waals surface area contributed by atoms with Gasteiger partial charge in [0.15, 0.2) is 0 Å². The summed E-state index contributed by atoms with van der Waals surface area (Å²) in [6.07, 6.45) is 1.16. The molecule has 0 aliphatic rings. The molecule has 0 amide bonds. The first kappa shape index (κ1) is 18.7. The molecule has 0 aliphatic carbocycles. The Morgan fingerprint density at radius 2 is 1.73 bits per heavy atom. The van der Waals surface area contributed by atoms with E-state index < -0.39 is 0 Å². The van der Waals surface area contributed by atoms with Gasteiger partial charge in [-0.25, -0.2) is 4.79 Å². The quantitative estimate of drug-likeness (QED) is 0.657. The molecule has 0 aliphatic heterocycles. The second-order valence-corrected chi connectivity index (χ2v) is 6.58. The summed E-state index contributed by atoms with van der Waals surface area (Å²) in [7, 11) is 6.31. The first-order chi connectivity index (χ1) is 10.4. The standard InChI is InChI=1S/C18H30N2O2/c1-15(2)14-22-18(21)17-9-7-16(8-10-17)13-20(5)12-6-11-19(3)4/h7-10,15H,6,11-14H2,1-5H3. The molecule has 0 aromatic heterocycles. The van der Waals surface area contributed by atoms with Gasteiger partial charge < -0.3 is 14.5 Å². The molecule has 4 nitrogen and oxygen atoms in total. The first-order valence-corrected chi connectivity index (χ1v) is 7.98. The minimum atomic E-state index is -0.236. The van der Waals surface area contributed by atoms with Gasteiger partial charge in [0.25, 0.3) is 0 Å². The van der Waals surface area contributed by atoms with Gasteiger partial charge in [0, 0.05) is 6.54 Å². The first-order valence-electron chi connectivity index (χ1n) is 7.98. The SMILES string of the molecule is CC(C)COC(=O)c1ccc(CN(C)CCCN(C)C)cc1. The van der Waals surface area contributed by atoms with E-state index in [-0.39, 0.29) is 5.97 Å². The number of carbonyl (C=O) groups excluding carboxylic acids is 1. The second kappa shape index (κ2) is 9.59. The van der Waals surface area contributed by atoms with Crippen molar-refractivity contribution in [1.29, 1.82) is 0 Å². The van der Waals surface area contributed by atoms with E-state index in [2.05, 4.69) is 30.9 Å². The summed E-state index contributed by atoms with van der Waals surface area (Å²) in [5.74, 6) is 0.124. The molecule has 0 fully saturated rings. The van der Waals surface area contributed by atoms with Crippen molar-refractivity contribution >= 4 is 5.97 Å². The van der Waals surface area contributed by atoms with Crippen LogP contribution in [0.15, 0.2) is 24.3 Å². The van der Waals surface area contributed by atoms with Crippen molar-refractivity contribution in [3.8, 4) is 0 Å². The summed E-state index contributed by atoms with van der Waals surface area (Å²) in [6.45, 7) is 7.59. The third kappa shape index (κ3) is 7.57. The van der Waals surface area contributed by atoms with Crippen LogP contribution in [0, 0.1) is 5.92 Å². The van der Waals surface area contributed by atoms with Gasteiger partial charge in [-0.1, -0.05) is 26.0 Å². The summed E-state index contributed by atoms with van der Waals surface area (Å²) in [6, 6.07) is 7.72. The van der Waals surface area contributed by atoms with Gasteiger partial charge in [0.2, 0.25) is 0 Å². The van der Waals surface area contributed by atoms with Crippen LogP contribution in [0.2, 0.25) is 0 Å². The van der Waals surface area contributed by atoms with Crippen molar-refractivity contribution < 1.29 is 9.53 Å². The zero-order valence-corrected chi connectivity index (χ0v) is 14.6. The lowest BCUT2D eigenvalue weighted by molar-refractivity contribution is 0.0459. The van der Waals surface area contributed by atoms with Crippen molar-refractivity contribution in [2.75, 3.05) is 40.8 Å². The molecule has 1 aromatic rings. The fourth-order valence-electron chi connectivity index (χ4n) is 2.12. The van der Waals surface area contributed by atoms with Gasteiger partial charge in [-0.15, -0.1) is 0 Å². The lowest BCUT2D eigenvalue weighted by Gasteiger charge is -2.18. The van der Waals surface area contributed by atoms with Crippen LogP contribution < -0.4 is 0 Å². The van der Waals surface area contributed by atoms with E-state index in [9.17, 15) is 4.79 Å². The van der Waals surface area contributed by atoms with E-state index in [0.717, 1.165) is 26.1 Å². The van der Waals surface area contributed by atoms with Gasteiger partial charge in [0.05, 0.1) is 12.2 Å². The highest BCUT2D eigenvalue weighted by atomic mass is 16.5. The minimum absolute atomic E-state index is 0.236. The molecule has 0 radical (unpaired) electrons. The molecule has 0 saturated heterocycles. The highest BCUT2D eigenvalue weighted by molar-refractivity contribution is 5.89. The largest absolute Gasteiger partial charge is 0.462 e. The Hall–Kier alpha value is -1.39. The molecule has 0 saturated carbocycles. The second-order valence-electron chi connectivity index (χ2n) is 6.58. The lowest BCUT2D eigenvalue weighted by Crippen LogP contribution is -2.23. The highest BCUT2D eigenvalue weighted by Gasteiger charge is 2.08. The number of rotatable bonds is 9. The van der Waals surface area contributed by atoms with Crippen LogP contribution in [0.25, 0.3) is 0 Å². The molecule has 0 unspecified atom stereocenters. The predicted octanol–water partition coefficient (Wildman–Crippen LogP) is 2.88. The number of hydrogen-bond donors (Lipinski definition) is 0. The molecule has 1 aromatic carbocycles. The molecule has 0 atom stereocenters. The van der Waals surface area contributed by atoms with Crippen molar-refractivity contribution in [3.05, 3.63) is 35.4 Å². The number of nitrogens with zero attached hydrogens (tertiary/aromatic N) is 2. The maximum atomic E-state index is 11.9. The average Bonchev–Trinajstić information content (AvgIpc) is 2.45. The van der Waals surface area contributed by atoms with Crippen LogP contribution >= 0.6 is 0 Å². The predicted molar refractivity (Wildman–Crippen MR) is 91.1 cm³/mol. The number of esters is 1. The molecular weight excluding hydrogens is 276 g/mol. The Balaban J connectivity index is 2.42. The normalized spacial score (nSPS) is 11.5. The van der Waals surface area contributed by atoms with Crippen molar-refractivity contribution in [1.82, 2.24) is 9.80 Å². The summed E-state index contributed by atoms with van der Waals surface area (Å²) in [5, 5.41) is 0. The Morgan fingerprint density at radius 1 is 1.09 bits per heavy atom. The van der Waals surface area contributed by atoms with Crippen LogP contribution in [0.4, 0.5) is 0 Å². The monoisotopic (exact) mass is 306 g/mol. The van der Waals surface area contributed by atoms with Crippen LogP contribution in [-0.2, 0) is 11.3 Å². The maximum Gasteiger partial charge on any atom is 0.338 e. The lowest BCUT2D eigenvalue weighted by atomic mass is 10.1. The van der Waals surface area contributed by atoms with E-state index in [1.165, 1.54) is 5.56 Å². The Bertz CT molecular complexity index is 441. The molecular formula is C18H30N2O2. The van der Waals surface area contributed by atoms with E-state index in [4.69, 9.17) is 4.74 Å². The van der Waals surface area contributed by atoms with Crippen LogP contribution in [0.3, 0.4) is 0 Å². The van der Waals surface area contributed by atoms with E-state index in [1.807, 2.05) is 38.1 Å². The van der Waals surface area contributed by atoms with E-state index in [0.29, 0.717) is 18.1 Å². The van der Waals surface area contributed by atoms with Crippen molar-refractivity contribution in [2.24, 2.45) is 5.92 Å². The molecule has 124 valence electrons. The molecule has 1 rings (SSSR count). The van der Waals surface area contributed by atoms with Crippen LogP contribution in [0.5, 0.6) is 0 Å². The van der Waals surface area contributed by atoms with Crippen molar-refractivity contribution in [2.45, 2.75) is 26.8 Å². The van der Waals surface area contributed by atoms with Gasteiger partial charge in [-0.05, 0) is 64.3 Å². The van der Waals surface area contributed by atoms with E-state index >= 15 is 0 Å². The van der Waals surface area contributed by atoms with Crippen molar-refractivity contribution in [3.63, 3.8) is 0 Å². The summed E-state index contributed by atoms with van der Waals surface area (Å²) in [5.41, 5.74) is 1.84. The highest BCUT2D eigenvalue weighted by Crippen LogP contribution is 2.09. The topological polar surface area (TPSA) is 32.8 Å². The molecule has 0 heterocycles. The third-order valence-electron chi connectivity index (χ3n) is 3.34. The molecule has 4 heteroatoms. The van der Waals surface area contributed by atoms with Crippen LogP contribution in [-0.4, -0.2) is 56.6 Å². The Morgan fingerprint density at radius 3 is 2.27 bits per heavy atom. The Kier molecular flexibility index (Phi) is 8.13. The average molecular weight is 306 g/mol. The summed E-state index contributed by atoms with van der Waals surface area (Å²) in [4.78, 5) is 16.4. The van der Waals surface area contributed by atoms with Gasteiger partial charge in [-0.2, -0.15) is 0 Å². The van der Waals surface area contributed by atoms with Crippen LogP contribution in [0.1, 0.15) is 36.2 Å². The third-order valence-corrected chi connectivity index (χ3v) is 3.34. The fourth-order valence-corrected chi connectivity index (χ4v) is 2.12. The summed E-state index contributed by atoms with van der Waals surface area (Å²) < 4.78 is 5.23. The number of hydrogen-bond acceptors (Lipinski definition) is 4. The van der Waals surface area contributed by atoms with E-state index in [1.54, 1.807) is 0 Å². The van der Waals surface area contributed by atoms with Gasteiger partial charge in [0.1, 0.15) is 0 Å². The number of carbonyl (C=O) groups is 1. The van der Waals surface area contributed by atoms with Gasteiger partial charge in [-0.3, -0.25) is 0 Å². The molecule has 22 heavy (non-hydrogen) atoms. The molecule has 0 bridgehead atoms. The van der Waals surface area contributed by atoms with Gasteiger partial charge >= 0.3 is 5.97 Å².